The van der Waals surface area contributed by atoms with Crippen LogP contribution in [0.2, 0.25) is 0 Å². The number of ketones is 1. The SMILES string of the molecule is CC(C)(C)OC(=O)C(C(=O)CC1CC1)C(C)(C)C. The average Bonchev–Trinajstić information content (AvgIpc) is 2.80. The van der Waals surface area contributed by atoms with Gasteiger partial charge in [-0.1, -0.05) is 20.8 Å². The molecule has 0 saturated heterocycles. The van der Waals surface area contributed by atoms with Gasteiger partial charge in [-0.25, -0.2) is 0 Å². The highest BCUT2D eigenvalue weighted by atomic mass is 16.6. The molecule has 0 aliphatic heterocycles. The Kier molecular flexibility index (Phi) is 4.24. The Balaban J connectivity index is 2.77. The smallest absolute Gasteiger partial charge is 0.317 e. The molecule has 0 bridgehead atoms. The Morgan fingerprint density at radius 2 is 1.61 bits per heavy atom. The van der Waals surface area contributed by atoms with Gasteiger partial charge in [-0.15, -0.1) is 0 Å². The fourth-order valence-electron chi connectivity index (χ4n) is 2.05. The summed E-state index contributed by atoms with van der Waals surface area (Å²) in [7, 11) is 0. The van der Waals surface area contributed by atoms with Crippen LogP contribution in [0.1, 0.15) is 60.8 Å². The monoisotopic (exact) mass is 254 g/mol. The molecule has 0 amide bonds. The van der Waals surface area contributed by atoms with Crippen molar-refractivity contribution in [3.05, 3.63) is 0 Å². The number of Topliss-reactive ketones (excluding diaryl/α,β-unsaturated/α-hetero) is 1. The summed E-state index contributed by atoms with van der Waals surface area (Å²) in [6.45, 7) is 11.3. The molecule has 3 nitrogen and oxygen atoms in total. The van der Waals surface area contributed by atoms with E-state index < -0.39 is 11.5 Å². The van der Waals surface area contributed by atoms with E-state index in [0.29, 0.717) is 12.3 Å². The number of hydrogen-bond donors (Lipinski definition) is 0. The molecule has 0 aromatic rings. The van der Waals surface area contributed by atoms with Crippen LogP contribution in [-0.2, 0) is 14.3 Å². The first-order chi connectivity index (χ1) is 8.00. The lowest BCUT2D eigenvalue weighted by atomic mass is 9.77. The summed E-state index contributed by atoms with van der Waals surface area (Å²) in [4.78, 5) is 24.5. The highest BCUT2D eigenvalue weighted by Gasteiger charge is 2.41. The molecular formula is C15H26O3. The summed E-state index contributed by atoms with van der Waals surface area (Å²) >= 11 is 0. The van der Waals surface area contributed by atoms with Gasteiger partial charge in [0.25, 0.3) is 0 Å². The highest BCUT2D eigenvalue weighted by Crippen LogP contribution is 2.37. The van der Waals surface area contributed by atoms with Crippen LogP contribution in [0.3, 0.4) is 0 Å². The number of hydrogen-bond acceptors (Lipinski definition) is 3. The van der Waals surface area contributed by atoms with Crippen molar-refractivity contribution in [2.75, 3.05) is 0 Å². The molecule has 3 heteroatoms. The van der Waals surface area contributed by atoms with Crippen LogP contribution in [0, 0.1) is 17.3 Å². The zero-order valence-corrected chi connectivity index (χ0v) is 12.5. The summed E-state index contributed by atoms with van der Waals surface area (Å²) in [6, 6.07) is 0. The molecule has 1 fully saturated rings. The van der Waals surface area contributed by atoms with Gasteiger partial charge in [-0.3, -0.25) is 9.59 Å². The molecule has 0 spiro atoms. The van der Waals surface area contributed by atoms with Crippen LogP contribution >= 0.6 is 0 Å². The first-order valence-corrected chi connectivity index (χ1v) is 6.76. The van der Waals surface area contributed by atoms with E-state index in [2.05, 4.69) is 0 Å². The van der Waals surface area contributed by atoms with E-state index in [-0.39, 0.29) is 17.2 Å². The number of ether oxygens (including phenoxy) is 1. The van der Waals surface area contributed by atoms with Crippen molar-refractivity contribution in [2.45, 2.75) is 66.4 Å². The van der Waals surface area contributed by atoms with E-state index in [1.54, 1.807) is 0 Å². The minimum Gasteiger partial charge on any atom is -0.459 e. The Morgan fingerprint density at radius 3 is 1.94 bits per heavy atom. The summed E-state index contributed by atoms with van der Waals surface area (Å²) < 4.78 is 5.39. The van der Waals surface area contributed by atoms with Gasteiger partial charge in [0.1, 0.15) is 17.3 Å². The molecule has 0 aromatic heterocycles. The summed E-state index contributed by atoms with van der Waals surface area (Å²) in [5, 5.41) is 0. The van der Waals surface area contributed by atoms with Crippen molar-refractivity contribution in [1.82, 2.24) is 0 Å². The second-order valence-corrected chi connectivity index (χ2v) is 7.45. The Morgan fingerprint density at radius 1 is 1.11 bits per heavy atom. The van der Waals surface area contributed by atoms with Crippen LogP contribution in [0.4, 0.5) is 0 Å². The van der Waals surface area contributed by atoms with Gasteiger partial charge in [0, 0.05) is 6.42 Å². The topological polar surface area (TPSA) is 43.4 Å². The normalized spacial score (nSPS) is 18.3. The molecule has 0 radical (unpaired) electrons. The van der Waals surface area contributed by atoms with Gasteiger partial charge in [0.2, 0.25) is 0 Å². The lowest BCUT2D eigenvalue weighted by Gasteiger charge is -2.30. The largest absolute Gasteiger partial charge is 0.459 e. The first kappa shape index (κ1) is 15.2. The molecule has 1 rings (SSSR count). The molecule has 18 heavy (non-hydrogen) atoms. The summed E-state index contributed by atoms with van der Waals surface area (Å²) in [6.07, 6.45) is 2.77. The van der Waals surface area contributed by atoms with E-state index in [1.165, 1.54) is 0 Å². The fraction of sp³-hybridized carbons (Fsp3) is 0.867. The van der Waals surface area contributed by atoms with Crippen LogP contribution in [0.25, 0.3) is 0 Å². The molecule has 1 aliphatic rings. The van der Waals surface area contributed by atoms with E-state index >= 15 is 0 Å². The molecule has 1 atom stereocenters. The third-order valence-electron chi connectivity index (χ3n) is 3.02. The standard InChI is InChI=1S/C15H26O3/c1-14(2,3)12(11(16)9-10-7-8-10)13(17)18-15(4,5)6/h10,12H,7-9H2,1-6H3. The minimum absolute atomic E-state index is 0.0410. The molecule has 0 heterocycles. The number of carbonyl (C=O) groups is 2. The maximum absolute atomic E-state index is 12.3. The zero-order valence-electron chi connectivity index (χ0n) is 12.5. The average molecular weight is 254 g/mol. The molecule has 104 valence electrons. The second-order valence-electron chi connectivity index (χ2n) is 7.45. The lowest BCUT2D eigenvalue weighted by molar-refractivity contribution is -0.166. The Hall–Kier alpha value is -0.860. The number of esters is 1. The van der Waals surface area contributed by atoms with E-state index in [1.807, 2.05) is 41.5 Å². The Labute approximate surface area is 110 Å². The third kappa shape index (κ3) is 4.79. The van der Waals surface area contributed by atoms with E-state index in [4.69, 9.17) is 4.74 Å². The Bertz CT molecular complexity index is 327. The van der Waals surface area contributed by atoms with Crippen molar-refractivity contribution in [2.24, 2.45) is 17.3 Å². The first-order valence-electron chi connectivity index (χ1n) is 6.76. The van der Waals surface area contributed by atoms with Crippen LogP contribution in [-0.4, -0.2) is 17.4 Å². The maximum Gasteiger partial charge on any atom is 0.317 e. The second kappa shape index (κ2) is 5.02. The van der Waals surface area contributed by atoms with Crippen molar-refractivity contribution in [1.29, 1.82) is 0 Å². The maximum atomic E-state index is 12.3. The van der Waals surface area contributed by atoms with Gasteiger partial charge >= 0.3 is 5.97 Å². The van der Waals surface area contributed by atoms with Gasteiger partial charge in [-0.2, -0.15) is 0 Å². The zero-order chi connectivity index (χ0) is 14.1. The van der Waals surface area contributed by atoms with Crippen LogP contribution in [0.5, 0.6) is 0 Å². The molecule has 1 aliphatic carbocycles. The van der Waals surface area contributed by atoms with Crippen molar-refractivity contribution in [3.63, 3.8) is 0 Å². The molecule has 0 N–H and O–H groups in total. The van der Waals surface area contributed by atoms with Crippen molar-refractivity contribution < 1.29 is 14.3 Å². The predicted octanol–water partition coefficient (Wildman–Crippen LogP) is 3.36. The molecule has 1 unspecified atom stereocenters. The molecular weight excluding hydrogens is 228 g/mol. The van der Waals surface area contributed by atoms with Gasteiger partial charge in [0.05, 0.1) is 0 Å². The van der Waals surface area contributed by atoms with Crippen LogP contribution < -0.4 is 0 Å². The summed E-state index contributed by atoms with van der Waals surface area (Å²) in [5.41, 5.74) is -0.922. The lowest BCUT2D eigenvalue weighted by Crippen LogP contribution is -2.40. The third-order valence-corrected chi connectivity index (χ3v) is 3.02. The number of carbonyl (C=O) groups excluding carboxylic acids is 2. The highest BCUT2D eigenvalue weighted by molar-refractivity contribution is 6.00. The van der Waals surface area contributed by atoms with Gasteiger partial charge in [-0.05, 0) is 44.9 Å². The molecule has 0 aromatic carbocycles. The van der Waals surface area contributed by atoms with Gasteiger partial charge < -0.3 is 4.74 Å². The van der Waals surface area contributed by atoms with Gasteiger partial charge in [0.15, 0.2) is 0 Å². The number of rotatable bonds is 4. The van der Waals surface area contributed by atoms with Crippen LogP contribution in [0.15, 0.2) is 0 Å². The molecule has 1 saturated carbocycles. The fourth-order valence-corrected chi connectivity index (χ4v) is 2.05. The van der Waals surface area contributed by atoms with E-state index in [0.717, 1.165) is 12.8 Å². The summed E-state index contributed by atoms with van der Waals surface area (Å²) in [5.74, 6) is -0.470. The van der Waals surface area contributed by atoms with Crippen molar-refractivity contribution >= 4 is 11.8 Å². The quantitative estimate of drug-likeness (QED) is 0.570. The van der Waals surface area contributed by atoms with E-state index in [9.17, 15) is 9.59 Å². The predicted molar refractivity (Wildman–Crippen MR) is 71.1 cm³/mol. The van der Waals surface area contributed by atoms with Crippen molar-refractivity contribution in [3.8, 4) is 0 Å². The minimum atomic E-state index is -0.641.